The minimum atomic E-state index is -1.87. The summed E-state index contributed by atoms with van der Waals surface area (Å²) >= 11 is 0. The first-order valence-electron chi connectivity index (χ1n) is 7.31. The van der Waals surface area contributed by atoms with E-state index in [1.807, 2.05) is 0 Å². The molecule has 2 heterocycles. The van der Waals surface area contributed by atoms with Gasteiger partial charge >= 0.3 is 5.97 Å². The monoisotopic (exact) mass is 354 g/mol. The molecule has 0 aromatic carbocycles. The van der Waals surface area contributed by atoms with Crippen LogP contribution in [0.15, 0.2) is 0 Å². The zero-order valence-corrected chi connectivity index (χ0v) is 13.0. The van der Waals surface area contributed by atoms with Crippen LogP contribution in [0.25, 0.3) is 0 Å². The highest BCUT2D eigenvalue weighted by molar-refractivity contribution is 5.73. The molecule has 0 radical (unpaired) electrons. The van der Waals surface area contributed by atoms with Crippen molar-refractivity contribution in [3.8, 4) is 0 Å². The Morgan fingerprint density at radius 3 is 2.04 bits per heavy atom. The van der Waals surface area contributed by atoms with Gasteiger partial charge in [0.05, 0.1) is 6.10 Å². The van der Waals surface area contributed by atoms with Gasteiger partial charge in [-0.15, -0.1) is 0 Å². The molecule has 0 amide bonds. The maximum absolute atomic E-state index is 11.1. The van der Waals surface area contributed by atoms with Crippen LogP contribution in [0.5, 0.6) is 0 Å². The predicted octanol–water partition coefficient (Wildman–Crippen LogP) is -3.62. The van der Waals surface area contributed by atoms with Gasteiger partial charge in [0, 0.05) is 7.11 Å². The summed E-state index contributed by atoms with van der Waals surface area (Å²) in [5, 5.41) is 58.5. The number of hydrogen-bond acceptors (Lipinski definition) is 10. The van der Waals surface area contributed by atoms with Crippen molar-refractivity contribution in [2.45, 2.75) is 68.3 Å². The third-order valence-electron chi connectivity index (χ3n) is 4.12. The fourth-order valence-corrected chi connectivity index (χ4v) is 2.67. The second-order valence-electron chi connectivity index (χ2n) is 5.76. The number of rotatable bonds is 4. The smallest absolute Gasteiger partial charge is 0.335 e. The van der Waals surface area contributed by atoms with E-state index in [0.717, 1.165) is 0 Å². The van der Waals surface area contributed by atoms with E-state index >= 15 is 0 Å². The van der Waals surface area contributed by atoms with Crippen molar-refractivity contribution in [2.75, 3.05) is 7.11 Å². The minimum Gasteiger partial charge on any atom is -0.479 e. The molecular weight excluding hydrogens is 332 g/mol. The van der Waals surface area contributed by atoms with Crippen LogP contribution < -0.4 is 0 Å². The Balaban J connectivity index is 2.16. The topological polar surface area (TPSA) is 175 Å². The summed E-state index contributed by atoms with van der Waals surface area (Å²) in [5.41, 5.74) is 0. The minimum absolute atomic E-state index is 0.796. The Hall–Kier alpha value is -0.890. The summed E-state index contributed by atoms with van der Waals surface area (Å²) < 4.78 is 20.4. The highest BCUT2D eigenvalue weighted by atomic mass is 16.7. The summed E-state index contributed by atoms with van der Waals surface area (Å²) in [6.07, 6.45) is -15.2. The van der Waals surface area contributed by atoms with Gasteiger partial charge in [0.15, 0.2) is 18.7 Å². The van der Waals surface area contributed by atoms with Gasteiger partial charge < -0.3 is 49.6 Å². The highest BCUT2D eigenvalue weighted by Crippen LogP contribution is 2.29. The van der Waals surface area contributed by atoms with Crippen LogP contribution in [0, 0.1) is 0 Å². The van der Waals surface area contributed by atoms with E-state index in [4.69, 9.17) is 24.1 Å². The molecule has 2 saturated heterocycles. The van der Waals surface area contributed by atoms with Crippen LogP contribution in [0.1, 0.15) is 6.92 Å². The molecule has 6 N–H and O–H groups in total. The lowest BCUT2D eigenvalue weighted by Crippen LogP contribution is -2.64. The Morgan fingerprint density at radius 2 is 1.50 bits per heavy atom. The van der Waals surface area contributed by atoms with Crippen molar-refractivity contribution in [3.05, 3.63) is 0 Å². The van der Waals surface area contributed by atoms with Crippen molar-refractivity contribution in [3.63, 3.8) is 0 Å². The van der Waals surface area contributed by atoms with E-state index in [0.29, 0.717) is 0 Å². The van der Waals surface area contributed by atoms with E-state index < -0.39 is 67.4 Å². The third kappa shape index (κ3) is 3.54. The normalized spacial score (nSPS) is 49.8. The summed E-state index contributed by atoms with van der Waals surface area (Å²) in [6, 6.07) is 0. The number of carboxylic acid groups (broad SMARTS) is 1. The van der Waals surface area contributed by atoms with E-state index in [-0.39, 0.29) is 0 Å². The third-order valence-corrected chi connectivity index (χ3v) is 4.12. The molecule has 11 heteroatoms. The number of carbonyl (C=O) groups is 1. The van der Waals surface area contributed by atoms with Gasteiger partial charge in [0.2, 0.25) is 0 Å². The van der Waals surface area contributed by atoms with Gasteiger partial charge in [-0.05, 0) is 6.92 Å². The standard InChI is InChI=1S/C13H22O11/c1-3-4(14)9(8(18)12(21-2)22-3)23-13-7(17)5(15)6(16)10(24-13)11(19)20/h3-10,12-18H,1-2H3,(H,19,20)/t3-,4-,5-,6+,7+,8+,9+,10-,12+,13+/m0/s1. The van der Waals surface area contributed by atoms with Crippen molar-refractivity contribution in [2.24, 2.45) is 0 Å². The number of aliphatic hydroxyl groups excluding tert-OH is 5. The van der Waals surface area contributed by atoms with Gasteiger partial charge in [0.25, 0.3) is 0 Å². The van der Waals surface area contributed by atoms with E-state index in [1.165, 1.54) is 14.0 Å². The van der Waals surface area contributed by atoms with Gasteiger partial charge in [-0.3, -0.25) is 0 Å². The number of carboxylic acids is 1. The SMILES string of the molecule is CO[C@@H]1O[C@@H](C)[C@H](O)[C@@H](O[C@@H]2O[C@H](C(=O)O)[C@H](O)[C@H](O)[C@H]2O)[C@H]1O. The van der Waals surface area contributed by atoms with Crippen LogP contribution in [0.4, 0.5) is 0 Å². The Bertz CT molecular complexity index is 446. The van der Waals surface area contributed by atoms with Gasteiger partial charge in [-0.1, -0.05) is 0 Å². The second-order valence-corrected chi connectivity index (χ2v) is 5.76. The maximum atomic E-state index is 11.1. The number of aliphatic hydroxyl groups is 5. The molecule has 0 saturated carbocycles. The van der Waals surface area contributed by atoms with Crippen molar-refractivity contribution < 1.29 is 54.4 Å². The summed E-state index contributed by atoms with van der Waals surface area (Å²) in [6.45, 7) is 1.50. The second kappa shape index (κ2) is 7.56. The molecule has 0 aromatic heterocycles. The van der Waals surface area contributed by atoms with E-state index in [1.54, 1.807) is 0 Å². The first-order valence-corrected chi connectivity index (χ1v) is 7.31. The van der Waals surface area contributed by atoms with Gasteiger partial charge in [0.1, 0.15) is 36.6 Å². The molecule has 2 aliphatic rings. The Morgan fingerprint density at radius 1 is 0.875 bits per heavy atom. The number of hydrogen-bond donors (Lipinski definition) is 6. The molecule has 10 atom stereocenters. The van der Waals surface area contributed by atoms with Crippen LogP contribution in [0.2, 0.25) is 0 Å². The molecule has 0 bridgehead atoms. The molecule has 2 rings (SSSR count). The van der Waals surface area contributed by atoms with Crippen LogP contribution >= 0.6 is 0 Å². The molecule has 2 aliphatic heterocycles. The summed E-state index contributed by atoms with van der Waals surface area (Å²) in [5.74, 6) is -1.57. The number of methoxy groups -OCH3 is 1. The zero-order valence-electron chi connectivity index (χ0n) is 13.0. The number of aliphatic carboxylic acids is 1. The lowest BCUT2D eigenvalue weighted by atomic mass is 9.97. The summed E-state index contributed by atoms with van der Waals surface area (Å²) in [4.78, 5) is 11.1. The van der Waals surface area contributed by atoms with Crippen molar-refractivity contribution in [1.82, 2.24) is 0 Å². The lowest BCUT2D eigenvalue weighted by Gasteiger charge is -2.45. The molecular formula is C13H22O11. The molecule has 140 valence electrons. The Kier molecular flexibility index (Phi) is 6.12. The van der Waals surface area contributed by atoms with Crippen molar-refractivity contribution >= 4 is 5.97 Å². The maximum Gasteiger partial charge on any atom is 0.335 e. The predicted molar refractivity (Wildman–Crippen MR) is 72.5 cm³/mol. The lowest BCUT2D eigenvalue weighted by molar-refractivity contribution is -0.351. The molecule has 0 spiro atoms. The van der Waals surface area contributed by atoms with E-state index in [9.17, 15) is 30.3 Å². The first-order chi connectivity index (χ1) is 11.2. The van der Waals surface area contributed by atoms with Gasteiger partial charge in [-0.25, -0.2) is 4.79 Å². The van der Waals surface area contributed by atoms with Crippen LogP contribution in [-0.2, 0) is 23.7 Å². The fraction of sp³-hybridized carbons (Fsp3) is 0.923. The fourth-order valence-electron chi connectivity index (χ4n) is 2.67. The summed E-state index contributed by atoms with van der Waals surface area (Å²) in [7, 11) is 1.27. The molecule has 0 aromatic rings. The van der Waals surface area contributed by atoms with E-state index in [2.05, 4.69) is 0 Å². The van der Waals surface area contributed by atoms with Gasteiger partial charge in [-0.2, -0.15) is 0 Å². The quantitative estimate of drug-likeness (QED) is 0.294. The highest BCUT2D eigenvalue weighted by Gasteiger charge is 2.51. The average molecular weight is 354 g/mol. The molecule has 0 unspecified atom stereocenters. The Labute approximate surface area is 136 Å². The molecule has 2 fully saturated rings. The molecule has 0 aliphatic carbocycles. The average Bonchev–Trinajstić information content (AvgIpc) is 2.54. The first kappa shape index (κ1) is 19.4. The van der Waals surface area contributed by atoms with Crippen molar-refractivity contribution in [1.29, 1.82) is 0 Å². The van der Waals surface area contributed by atoms with Crippen LogP contribution in [0.3, 0.4) is 0 Å². The molecule has 11 nitrogen and oxygen atoms in total. The largest absolute Gasteiger partial charge is 0.479 e. The number of ether oxygens (including phenoxy) is 4. The zero-order chi connectivity index (χ0) is 18.2. The molecule has 24 heavy (non-hydrogen) atoms. The van der Waals surface area contributed by atoms with Crippen LogP contribution in [-0.4, -0.2) is 105 Å².